The Morgan fingerprint density at radius 3 is 2.50 bits per heavy atom. The molecule has 124 valence electrons. The van der Waals surface area contributed by atoms with Crippen LogP contribution < -0.4 is 10.6 Å². The molecule has 1 aromatic rings. The molecule has 0 aliphatic rings. The van der Waals surface area contributed by atoms with Gasteiger partial charge in [0.1, 0.15) is 0 Å². The second kappa shape index (κ2) is 8.78. The number of ether oxygens (including phenoxy) is 1. The maximum Gasteiger partial charge on any atom is 0.407 e. The van der Waals surface area contributed by atoms with Crippen molar-refractivity contribution in [3.05, 3.63) is 21.4 Å². The second-order valence-corrected chi connectivity index (χ2v) is 7.01. The fraction of sp³-hybridized carbons (Fsp3) is 0.625. The van der Waals surface area contributed by atoms with E-state index in [-0.39, 0.29) is 11.9 Å². The van der Waals surface area contributed by atoms with Crippen molar-refractivity contribution in [2.24, 2.45) is 5.92 Å². The molecule has 0 aromatic carbocycles. The Morgan fingerprint density at radius 2 is 2.00 bits per heavy atom. The van der Waals surface area contributed by atoms with Crippen LogP contribution in [0.2, 0.25) is 0 Å². The van der Waals surface area contributed by atoms with Gasteiger partial charge in [-0.05, 0) is 44.7 Å². The van der Waals surface area contributed by atoms with E-state index in [2.05, 4.69) is 24.5 Å². The van der Waals surface area contributed by atoms with E-state index in [9.17, 15) is 9.59 Å². The summed E-state index contributed by atoms with van der Waals surface area (Å²) >= 11 is 1.49. The second-order valence-electron chi connectivity index (χ2n) is 5.75. The van der Waals surface area contributed by atoms with Gasteiger partial charge < -0.3 is 15.4 Å². The van der Waals surface area contributed by atoms with Gasteiger partial charge in [0.2, 0.25) is 0 Å². The third-order valence-electron chi connectivity index (χ3n) is 3.25. The molecule has 1 aromatic heterocycles. The van der Waals surface area contributed by atoms with E-state index in [0.717, 1.165) is 16.9 Å². The Balaban J connectivity index is 2.57. The van der Waals surface area contributed by atoms with Crippen molar-refractivity contribution in [3.8, 4) is 0 Å². The van der Waals surface area contributed by atoms with Crippen molar-refractivity contribution in [3.63, 3.8) is 0 Å². The van der Waals surface area contributed by atoms with Gasteiger partial charge in [-0.1, -0.05) is 13.8 Å². The quantitative estimate of drug-likeness (QED) is 0.808. The van der Waals surface area contributed by atoms with E-state index < -0.39 is 6.09 Å². The molecule has 0 aliphatic heterocycles. The highest BCUT2D eigenvalue weighted by atomic mass is 32.1. The van der Waals surface area contributed by atoms with Crippen LogP contribution >= 0.6 is 11.3 Å². The summed E-state index contributed by atoms with van der Waals surface area (Å²) in [5.74, 6) is 0.315. The summed E-state index contributed by atoms with van der Waals surface area (Å²) < 4.78 is 4.90. The van der Waals surface area contributed by atoms with E-state index in [1.807, 2.05) is 19.9 Å². The molecule has 1 rings (SSSR count). The maximum atomic E-state index is 12.2. The normalized spacial score (nSPS) is 12.1. The molecular formula is C16H26N2O3S. The number of hydrogen-bond donors (Lipinski definition) is 2. The number of rotatable bonds is 7. The Kier molecular flexibility index (Phi) is 7.38. The van der Waals surface area contributed by atoms with E-state index in [0.29, 0.717) is 23.9 Å². The largest absolute Gasteiger partial charge is 0.450 e. The summed E-state index contributed by atoms with van der Waals surface area (Å²) in [6, 6.07) is 1.76. The highest BCUT2D eigenvalue weighted by Gasteiger charge is 2.17. The fourth-order valence-electron chi connectivity index (χ4n) is 2.09. The Labute approximate surface area is 136 Å². The van der Waals surface area contributed by atoms with Gasteiger partial charge >= 0.3 is 6.09 Å². The molecule has 5 nitrogen and oxygen atoms in total. The van der Waals surface area contributed by atoms with Gasteiger partial charge in [0.05, 0.1) is 11.5 Å². The third-order valence-corrected chi connectivity index (χ3v) is 4.40. The van der Waals surface area contributed by atoms with Crippen molar-refractivity contribution in [1.82, 2.24) is 10.6 Å². The Bertz CT molecular complexity index is 492. The first-order valence-corrected chi connectivity index (χ1v) is 8.43. The van der Waals surface area contributed by atoms with Gasteiger partial charge in [-0.3, -0.25) is 4.79 Å². The van der Waals surface area contributed by atoms with Crippen molar-refractivity contribution in [1.29, 1.82) is 0 Å². The monoisotopic (exact) mass is 326 g/mol. The molecule has 0 fully saturated rings. The number of carbonyl (C=O) groups is 2. The van der Waals surface area contributed by atoms with Gasteiger partial charge in [0.25, 0.3) is 5.91 Å². The van der Waals surface area contributed by atoms with Crippen molar-refractivity contribution in [2.75, 3.05) is 13.2 Å². The van der Waals surface area contributed by atoms with E-state index in [4.69, 9.17) is 4.74 Å². The standard InChI is InChI=1S/C16H26N2O3S/c1-6-21-16(20)18-13(7-10(2)3)9-17-15(19)14-8-11(4)12(5)22-14/h8,10,13H,6-7,9H2,1-5H3,(H,17,19)(H,18,20)/t13-/m0/s1. The average Bonchev–Trinajstić information content (AvgIpc) is 2.75. The van der Waals surface area contributed by atoms with Crippen LogP contribution in [-0.4, -0.2) is 31.2 Å². The minimum atomic E-state index is -0.440. The topological polar surface area (TPSA) is 67.4 Å². The van der Waals surface area contributed by atoms with Crippen molar-refractivity contribution < 1.29 is 14.3 Å². The Hall–Kier alpha value is -1.56. The van der Waals surface area contributed by atoms with Crippen LogP contribution in [0.1, 0.15) is 47.3 Å². The summed E-state index contributed by atoms with van der Waals surface area (Å²) in [5.41, 5.74) is 1.12. The molecule has 2 amide bonds. The van der Waals surface area contributed by atoms with Crippen LogP contribution in [0, 0.1) is 19.8 Å². The first-order chi connectivity index (χ1) is 10.3. The summed E-state index contributed by atoms with van der Waals surface area (Å²) in [5, 5.41) is 5.69. The molecule has 0 aliphatic carbocycles. The highest BCUT2D eigenvalue weighted by Crippen LogP contribution is 2.20. The summed E-state index contributed by atoms with van der Waals surface area (Å²) in [6.07, 6.45) is 0.340. The molecule has 1 atom stereocenters. The third kappa shape index (κ3) is 6.05. The number of aryl methyl sites for hydroxylation is 2. The Morgan fingerprint density at radius 1 is 1.32 bits per heavy atom. The number of amides is 2. The minimum Gasteiger partial charge on any atom is -0.450 e. The SMILES string of the molecule is CCOC(=O)N[C@H](CNC(=O)c1cc(C)c(C)s1)CC(C)C. The van der Waals surface area contributed by atoms with Crippen LogP contribution in [0.5, 0.6) is 0 Å². The van der Waals surface area contributed by atoms with Crippen LogP contribution in [0.3, 0.4) is 0 Å². The number of carbonyl (C=O) groups excluding carboxylic acids is 2. The van der Waals surface area contributed by atoms with Crippen LogP contribution in [0.15, 0.2) is 6.07 Å². The lowest BCUT2D eigenvalue weighted by Crippen LogP contribution is -2.44. The summed E-state index contributed by atoms with van der Waals surface area (Å²) in [7, 11) is 0. The van der Waals surface area contributed by atoms with E-state index in [1.54, 1.807) is 6.92 Å². The molecule has 6 heteroatoms. The lowest BCUT2D eigenvalue weighted by Gasteiger charge is -2.20. The molecule has 0 unspecified atom stereocenters. The summed E-state index contributed by atoms with van der Waals surface area (Å²) in [6.45, 7) is 10.6. The zero-order valence-corrected chi connectivity index (χ0v) is 14.8. The molecule has 0 bridgehead atoms. The summed E-state index contributed by atoms with van der Waals surface area (Å²) in [4.78, 5) is 25.6. The molecule has 22 heavy (non-hydrogen) atoms. The number of alkyl carbamates (subject to hydrolysis) is 1. The predicted octanol–water partition coefficient (Wildman–Crippen LogP) is 3.26. The number of nitrogens with one attached hydrogen (secondary N) is 2. The average molecular weight is 326 g/mol. The zero-order valence-electron chi connectivity index (χ0n) is 14.0. The molecule has 2 N–H and O–H groups in total. The van der Waals surface area contributed by atoms with Crippen molar-refractivity contribution >= 4 is 23.3 Å². The lowest BCUT2D eigenvalue weighted by atomic mass is 10.0. The first kappa shape index (κ1) is 18.5. The molecular weight excluding hydrogens is 300 g/mol. The number of thiophene rings is 1. The van der Waals surface area contributed by atoms with Gasteiger partial charge in [0.15, 0.2) is 0 Å². The van der Waals surface area contributed by atoms with Gasteiger partial charge in [-0.15, -0.1) is 11.3 Å². The van der Waals surface area contributed by atoms with Gasteiger partial charge in [-0.2, -0.15) is 0 Å². The smallest absolute Gasteiger partial charge is 0.407 e. The van der Waals surface area contributed by atoms with Gasteiger partial charge in [-0.25, -0.2) is 4.79 Å². The van der Waals surface area contributed by atoms with E-state index in [1.165, 1.54) is 11.3 Å². The lowest BCUT2D eigenvalue weighted by molar-refractivity contribution is 0.0948. The number of hydrogen-bond acceptors (Lipinski definition) is 4. The zero-order chi connectivity index (χ0) is 16.7. The van der Waals surface area contributed by atoms with E-state index >= 15 is 0 Å². The fourth-order valence-corrected chi connectivity index (χ4v) is 3.04. The minimum absolute atomic E-state index is 0.0967. The van der Waals surface area contributed by atoms with Crippen LogP contribution in [-0.2, 0) is 4.74 Å². The van der Waals surface area contributed by atoms with Gasteiger partial charge in [0, 0.05) is 17.5 Å². The highest BCUT2D eigenvalue weighted by molar-refractivity contribution is 7.14. The van der Waals surface area contributed by atoms with Crippen LogP contribution in [0.4, 0.5) is 4.79 Å². The molecule has 0 saturated heterocycles. The predicted molar refractivity (Wildman–Crippen MR) is 89.5 cm³/mol. The van der Waals surface area contributed by atoms with Crippen LogP contribution in [0.25, 0.3) is 0 Å². The molecule has 0 radical (unpaired) electrons. The van der Waals surface area contributed by atoms with Crippen molar-refractivity contribution in [2.45, 2.75) is 47.1 Å². The first-order valence-electron chi connectivity index (χ1n) is 7.62. The molecule has 0 spiro atoms. The molecule has 1 heterocycles. The maximum absolute atomic E-state index is 12.2. The molecule has 0 saturated carbocycles.